The van der Waals surface area contributed by atoms with Gasteiger partial charge in [-0.2, -0.15) is 0 Å². The number of piperidine rings is 1. The lowest BCUT2D eigenvalue weighted by molar-refractivity contribution is 0.0630. The van der Waals surface area contributed by atoms with E-state index in [-0.39, 0.29) is 6.10 Å². The fourth-order valence-electron chi connectivity index (χ4n) is 2.53. The van der Waals surface area contributed by atoms with Crippen LogP contribution in [-0.2, 0) is 6.54 Å². The minimum absolute atomic E-state index is 0.311. The molecule has 1 saturated heterocycles. The molecule has 0 saturated carbocycles. The third-order valence-corrected chi connectivity index (χ3v) is 3.67. The molecule has 3 N–H and O–H groups in total. The predicted molar refractivity (Wildman–Crippen MR) is 69.5 cm³/mol. The maximum Gasteiger partial charge on any atom is 0.0691 e. The SMILES string of the molecule is NC[C@@H](O)C1CCN(Cc2ccccc2)CC1. The van der Waals surface area contributed by atoms with E-state index in [2.05, 4.69) is 29.2 Å². The molecule has 1 atom stereocenters. The van der Waals surface area contributed by atoms with Gasteiger partial charge in [0, 0.05) is 13.1 Å². The molecule has 1 fully saturated rings. The van der Waals surface area contributed by atoms with Crippen molar-refractivity contribution in [1.82, 2.24) is 4.90 Å². The standard InChI is InChI=1S/C14H22N2O/c15-10-14(17)13-6-8-16(9-7-13)11-12-4-2-1-3-5-12/h1-5,13-14,17H,6-11,15H2/t14-/m1/s1. The Morgan fingerprint density at radius 1 is 1.24 bits per heavy atom. The van der Waals surface area contributed by atoms with Crippen molar-refractivity contribution in [1.29, 1.82) is 0 Å². The van der Waals surface area contributed by atoms with Crippen molar-refractivity contribution >= 4 is 0 Å². The van der Waals surface area contributed by atoms with Gasteiger partial charge in [-0.3, -0.25) is 4.90 Å². The molecular formula is C14H22N2O. The maximum absolute atomic E-state index is 9.72. The number of benzene rings is 1. The largest absolute Gasteiger partial charge is 0.392 e. The molecule has 0 spiro atoms. The Bertz CT molecular complexity index is 320. The van der Waals surface area contributed by atoms with Gasteiger partial charge in [0.1, 0.15) is 0 Å². The molecule has 1 aromatic carbocycles. The lowest BCUT2D eigenvalue weighted by atomic mass is 9.91. The van der Waals surface area contributed by atoms with Gasteiger partial charge < -0.3 is 10.8 Å². The second kappa shape index (κ2) is 6.15. The van der Waals surface area contributed by atoms with E-state index in [1.807, 2.05) is 6.07 Å². The average Bonchev–Trinajstić information content (AvgIpc) is 2.40. The highest BCUT2D eigenvalue weighted by Gasteiger charge is 2.24. The third kappa shape index (κ3) is 3.53. The van der Waals surface area contributed by atoms with Gasteiger partial charge in [-0.1, -0.05) is 30.3 Å². The van der Waals surface area contributed by atoms with Crippen LogP contribution >= 0.6 is 0 Å². The first-order chi connectivity index (χ1) is 8.29. The van der Waals surface area contributed by atoms with E-state index >= 15 is 0 Å². The van der Waals surface area contributed by atoms with Gasteiger partial charge in [-0.05, 0) is 37.4 Å². The van der Waals surface area contributed by atoms with E-state index in [1.54, 1.807) is 0 Å². The fourth-order valence-corrected chi connectivity index (χ4v) is 2.53. The van der Waals surface area contributed by atoms with Crippen molar-refractivity contribution < 1.29 is 5.11 Å². The van der Waals surface area contributed by atoms with Gasteiger partial charge >= 0.3 is 0 Å². The van der Waals surface area contributed by atoms with Crippen LogP contribution < -0.4 is 5.73 Å². The highest BCUT2D eigenvalue weighted by molar-refractivity contribution is 5.14. The zero-order valence-electron chi connectivity index (χ0n) is 10.3. The molecule has 0 bridgehead atoms. The number of nitrogens with zero attached hydrogens (tertiary/aromatic N) is 1. The van der Waals surface area contributed by atoms with Crippen LogP contribution in [0, 0.1) is 5.92 Å². The highest BCUT2D eigenvalue weighted by Crippen LogP contribution is 2.21. The minimum atomic E-state index is -0.311. The van der Waals surface area contributed by atoms with E-state index in [9.17, 15) is 5.11 Å². The molecule has 0 aliphatic carbocycles. The van der Waals surface area contributed by atoms with Crippen molar-refractivity contribution in [3.63, 3.8) is 0 Å². The number of aliphatic hydroxyl groups excluding tert-OH is 1. The topological polar surface area (TPSA) is 49.5 Å². The van der Waals surface area contributed by atoms with Crippen LogP contribution in [0.4, 0.5) is 0 Å². The Kier molecular flexibility index (Phi) is 4.54. The zero-order chi connectivity index (χ0) is 12.1. The third-order valence-electron chi connectivity index (χ3n) is 3.67. The van der Waals surface area contributed by atoms with Crippen molar-refractivity contribution in [2.45, 2.75) is 25.5 Å². The van der Waals surface area contributed by atoms with Gasteiger partial charge in [0.05, 0.1) is 6.10 Å². The van der Waals surface area contributed by atoms with E-state index < -0.39 is 0 Å². The van der Waals surface area contributed by atoms with Gasteiger partial charge in [-0.15, -0.1) is 0 Å². The van der Waals surface area contributed by atoms with Crippen molar-refractivity contribution in [2.75, 3.05) is 19.6 Å². The van der Waals surface area contributed by atoms with Gasteiger partial charge in [0.15, 0.2) is 0 Å². The first-order valence-electron chi connectivity index (χ1n) is 6.44. The minimum Gasteiger partial charge on any atom is -0.392 e. The molecule has 3 nitrogen and oxygen atoms in total. The fraction of sp³-hybridized carbons (Fsp3) is 0.571. The van der Waals surface area contributed by atoms with Crippen LogP contribution in [0.3, 0.4) is 0 Å². The molecule has 0 amide bonds. The Morgan fingerprint density at radius 3 is 2.47 bits per heavy atom. The number of nitrogens with two attached hydrogens (primary N) is 1. The first kappa shape index (κ1) is 12.6. The van der Waals surface area contributed by atoms with Crippen LogP contribution in [0.15, 0.2) is 30.3 Å². The summed E-state index contributed by atoms with van der Waals surface area (Å²) in [5, 5.41) is 9.72. The van der Waals surface area contributed by atoms with E-state index in [0.717, 1.165) is 32.5 Å². The number of hydrogen-bond acceptors (Lipinski definition) is 3. The summed E-state index contributed by atoms with van der Waals surface area (Å²) in [6.07, 6.45) is 1.81. The van der Waals surface area contributed by atoms with Crippen molar-refractivity contribution in [3.8, 4) is 0 Å². The lowest BCUT2D eigenvalue weighted by Gasteiger charge is -2.33. The summed E-state index contributed by atoms with van der Waals surface area (Å²) < 4.78 is 0. The van der Waals surface area contributed by atoms with E-state index in [4.69, 9.17) is 5.73 Å². The maximum atomic E-state index is 9.72. The Morgan fingerprint density at radius 2 is 1.88 bits per heavy atom. The van der Waals surface area contributed by atoms with Crippen LogP contribution in [0.5, 0.6) is 0 Å². The molecule has 2 rings (SSSR count). The first-order valence-corrected chi connectivity index (χ1v) is 6.44. The summed E-state index contributed by atoms with van der Waals surface area (Å²) in [5.41, 5.74) is 6.86. The van der Waals surface area contributed by atoms with Gasteiger partial charge in [0.25, 0.3) is 0 Å². The molecule has 94 valence electrons. The summed E-state index contributed by atoms with van der Waals surface area (Å²) in [6.45, 7) is 3.54. The molecule has 1 aromatic rings. The molecule has 0 unspecified atom stereocenters. The number of hydrogen-bond donors (Lipinski definition) is 2. The van der Waals surface area contributed by atoms with Gasteiger partial charge in [-0.25, -0.2) is 0 Å². The molecule has 1 aliphatic rings. The van der Waals surface area contributed by atoms with Crippen LogP contribution in [0.2, 0.25) is 0 Å². The predicted octanol–water partition coefficient (Wildman–Crippen LogP) is 1.22. The normalized spacial score (nSPS) is 20.4. The summed E-state index contributed by atoms with van der Waals surface area (Å²) in [4.78, 5) is 2.45. The van der Waals surface area contributed by atoms with Crippen LogP contribution in [0.25, 0.3) is 0 Å². The Hall–Kier alpha value is -0.900. The highest BCUT2D eigenvalue weighted by atomic mass is 16.3. The van der Waals surface area contributed by atoms with E-state index in [1.165, 1.54) is 5.56 Å². The summed E-state index contributed by atoms with van der Waals surface area (Å²) in [7, 11) is 0. The lowest BCUT2D eigenvalue weighted by Crippen LogP contribution is -2.39. The molecule has 1 heterocycles. The zero-order valence-corrected chi connectivity index (χ0v) is 10.3. The quantitative estimate of drug-likeness (QED) is 0.823. The number of likely N-dealkylation sites (tertiary alicyclic amines) is 1. The number of rotatable bonds is 4. The molecule has 1 aliphatic heterocycles. The average molecular weight is 234 g/mol. The van der Waals surface area contributed by atoms with Crippen LogP contribution in [0.1, 0.15) is 18.4 Å². The summed E-state index contributed by atoms with van der Waals surface area (Å²) >= 11 is 0. The molecule has 0 aromatic heterocycles. The summed E-state index contributed by atoms with van der Waals surface area (Å²) in [5.74, 6) is 0.395. The smallest absolute Gasteiger partial charge is 0.0691 e. The molecular weight excluding hydrogens is 212 g/mol. The van der Waals surface area contributed by atoms with E-state index in [0.29, 0.717) is 12.5 Å². The monoisotopic (exact) mass is 234 g/mol. The molecule has 0 radical (unpaired) electrons. The Balaban J connectivity index is 1.80. The summed E-state index contributed by atoms with van der Waals surface area (Å²) in [6, 6.07) is 10.6. The second-order valence-corrected chi connectivity index (χ2v) is 4.90. The second-order valence-electron chi connectivity index (χ2n) is 4.90. The van der Waals surface area contributed by atoms with Gasteiger partial charge in [0.2, 0.25) is 0 Å². The van der Waals surface area contributed by atoms with Crippen molar-refractivity contribution in [3.05, 3.63) is 35.9 Å². The number of aliphatic hydroxyl groups is 1. The van der Waals surface area contributed by atoms with Crippen LogP contribution in [-0.4, -0.2) is 35.7 Å². The molecule has 3 heteroatoms. The van der Waals surface area contributed by atoms with Crippen molar-refractivity contribution in [2.24, 2.45) is 11.7 Å². The molecule has 17 heavy (non-hydrogen) atoms. The Labute approximate surface area is 103 Å².